The van der Waals surface area contributed by atoms with Gasteiger partial charge in [-0.1, -0.05) is 61.8 Å². The molecular weight excluding hydrogens is 623 g/mol. The maximum atomic E-state index is 14.3. The predicted octanol–water partition coefficient (Wildman–Crippen LogP) is 4.13. The first-order chi connectivity index (χ1) is 22.5. The number of hydrogen-bond donors (Lipinski definition) is 4. The summed E-state index contributed by atoms with van der Waals surface area (Å²) < 4.78 is 19.5. The van der Waals surface area contributed by atoms with E-state index in [-0.39, 0.29) is 49.1 Å². The molecule has 11 heteroatoms. The van der Waals surface area contributed by atoms with Gasteiger partial charge in [-0.3, -0.25) is 14.4 Å². The number of aliphatic hydroxyl groups excluding tert-OH is 1. The van der Waals surface area contributed by atoms with Crippen molar-refractivity contribution in [2.24, 2.45) is 5.73 Å². The van der Waals surface area contributed by atoms with Gasteiger partial charge in [0.1, 0.15) is 11.6 Å². The number of nitrogens with zero attached hydrogens (tertiary/aromatic N) is 1. The number of methoxy groups -OCH3 is 1. The van der Waals surface area contributed by atoms with Gasteiger partial charge in [0.2, 0.25) is 17.7 Å². The summed E-state index contributed by atoms with van der Waals surface area (Å²) in [6, 6.07) is 16.4. The zero-order valence-electron chi connectivity index (χ0n) is 27.4. The van der Waals surface area contributed by atoms with E-state index < -0.39 is 23.9 Å². The van der Waals surface area contributed by atoms with E-state index in [9.17, 15) is 23.9 Å². The molecule has 254 valence electrons. The van der Waals surface area contributed by atoms with Gasteiger partial charge in [0.15, 0.2) is 0 Å². The molecule has 3 amide bonds. The van der Waals surface area contributed by atoms with Crippen LogP contribution in [0.3, 0.4) is 0 Å². The molecule has 9 nitrogen and oxygen atoms in total. The van der Waals surface area contributed by atoms with E-state index in [0.717, 1.165) is 18.4 Å². The molecule has 0 unspecified atom stereocenters. The van der Waals surface area contributed by atoms with Gasteiger partial charge in [0, 0.05) is 26.2 Å². The highest BCUT2D eigenvalue weighted by molar-refractivity contribution is 6.30. The van der Waals surface area contributed by atoms with Crippen LogP contribution in [0.5, 0.6) is 5.75 Å². The van der Waals surface area contributed by atoms with Crippen LogP contribution in [-0.2, 0) is 46.6 Å². The number of carbonyl (C=O) groups is 3. The van der Waals surface area contributed by atoms with Gasteiger partial charge in [0.25, 0.3) is 0 Å². The zero-order valence-corrected chi connectivity index (χ0v) is 28.1. The van der Waals surface area contributed by atoms with E-state index >= 15 is 0 Å². The highest BCUT2D eigenvalue weighted by atomic mass is 35.5. The number of aliphatic hydroxyl groups is 1. The van der Waals surface area contributed by atoms with Crippen LogP contribution in [0.2, 0.25) is 5.02 Å². The van der Waals surface area contributed by atoms with Crippen molar-refractivity contribution >= 4 is 29.3 Å². The Hall–Kier alpha value is -3.99. The van der Waals surface area contributed by atoms with Crippen molar-refractivity contribution in [1.29, 1.82) is 0 Å². The molecule has 0 bridgehead atoms. The number of benzene rings is 3. The standard InChI is InChI=1S/C36H46ClFN4O5/c1-4-11-42(12-5-2)36(46)21-28-14-26(19-34(39)44)13-27(15-28)20-35(45)41-32(18-24-9-10-30(37)31(38)17-24)33(43)23-40-22-25-7-6-8-29(16-25)47-3/h6-10,13-17,32-33,40,43H,4-5,11-12,18-23H2,1-3H3,(H2,39,44)(H,41,45)/t32-,33+/m0/s1. The molecular formula is C36H46ClFN4O5. The van der Waals surface area contributed by atoms with E-state index in [1.165, 1.54) is 12.1 Å². The normalized spacial score (nSPS) is 12.3. The maximum Gasteiger partial charge on any atom is 0.226 e. The molecule has 0 fully saturated rings. The topological polar surface area (TPSA) is 134 Å². The minimum Gasteiger partial charge on any atom is -0.497 e. The Morgan fingerprint density at radius 3 is 2.19 bits per heavy atom. The number of hydrogen-bond acceptors (Lipinski definition) is 6. The molecule has 0 saturated carbocycles. The molecule has 0 aliphatic heterocycles. The van der Waals surface area contributed by atoms with Gasteiger partial charge in [-0.15, -0.1) is 0 Å². The number of ether oxygens (including phenoxy) is 1. The SMILES string of the molecule is CCCN(CCC)C(=O)Cc1cc(CC(N)=O)cc(CC(=O)N[C@@H](Cc2ccc(Cl)c(F)c2)[C@H](O)CNCc2cccc(OC)c2)c1. The van der Waals surface area contributed by atoms with E-state index in [0.29, 0.717) is 47.6 Å². The van der Waals surface area contributed by atoms with Crippen molar-refractivity contribution in [1.82, 2.24) is 15.5 Å². The molecule has 3 aromatic carbocycles. The number of amides is 3. The largest absolute Gasteiger partial charge is 0.497 e. The first kappa shape index (κ1) is 37.5. The number of halogens is 2. The van der Waals surface area contributed by atoms with Gasteiger partial charge < -0.3 is 31.1 Å². The molecule has 2 atom stereocenters. The molecule has 0 saturated heterocycles. The van der Waals surface area contributed by atoms with Crippen LogP contribution < -0.4 is 21.1 Å². The monoisotopic (exact) mass is 668 g/mol. The molecule has 0 heterocycles. The summed E-state index contributed by atoms with van der Waals surface area (Å²) in [6.07, 6.45) is 0.818. The van der Waals surface area contributed by atoms with Crippen molar-refractivity contribution in [3.05, 3.63) is 99.3 Å². The lowest BCUT2D eigenvalue weighted by Gasteiger charge is -2.25. The lowest BCUT2D eigenvalue weighted by atomic mass is 9.98. The number of rotatable bonds is 19. The minimum atomic E-state index is -1.03. The van der Waals surface area contributed by atoms with Crippen LogP contribution >= 0.6 is 11.6 Å². The highest BCUT2D eigenvalue weighted by Gasteiger charge is 2.23. The Morgan fingerprint density at radius 1 is 0.915 bits per heavy atom. The third kappa shape index (κ3) is 12.6. The fourth-order valence-corrected chi connectivity index (χ4v) is 5.59. The van der Waals surface area contributed by atoms with Crippen molar-refractivity contribution in [3.63, 3.8) is 0 Å². The third-order valence-electron chi connectivity index (χ3n) is 7.62. The number of primary amides is 1. The molecule has 0 aromatic heterocycles. The molecule has 0 aliphatic carbocycles. The van der Waals surface area contributed by atoms with E-state index in [1.807, 2.05) is 43.0 Å². The molecule has 5 N–H and O–H groups in total. The van der Waals surface area contributed by atoms with E-state index in [4.69, 9.17) is 22.1 Å². The summed E-state index contributed by atoms with van der Waals surface area (Å²) in [5, 5.41) is 17.3. The van der Waals surface area contributed by atoms with E-state index in [2.05, 4.69) is 10.6 Å². The summed E-state index contributed by atoms with van der Waals surface area (Å²) >= 11 is 5.87. The van der Waals surface area contributed by atoms with Crippen molar-refractivity contribution < 1.29 is 28.6 Å². The molecule has 0 radical (unpaired) electrons. The van der Waals surface area contributed by atoms with Gasteiger partial charge in [0.05, 0.1) is 43.5 Å². The van der Waals surface area contributed by atoms with Crippen LogP contribution in [0.1, 0.15) is 54.5 Å². The predicted molar refractivity (Wildman–Crippen MR) is 182 cm³/mol. The lowest BCUT2D eigenvalue weighted by Crippen LogP contribution is -2.49. The van der Waals surface area contributed by atoms with Gasteiger partial charge in [-0.25, -0.2) is 4.39 Å². The number of carbonyl (C=O) groups excluding carboxylic acids is 3. The number of nitrogens with two attached hydrogens (primary N) is 1. The summed E-state index contributed by atoms with van der Waals surface area (Å²) in [4.78, 5) is 40.1. The Kier molecular flexibility index (Phi) is 15.1. The quantitative estimate of drug-likeness (QED) is 0.152. The highest BCUT2D eigenvalue weighted by Crippen LogP contribution is 2.19. The summed E-state index contributed by atoms with van der Waals surface area (Å²) in [5.41, 5.74) is 8.87. The fraction of sp³-hybridized carbons (Fsp3) is 0.417. The summed E-state index contributed by atoms with van der Waals surface area (Å²) in [5.74, 6) is -0.818. The van der Waals surface area contributed by atoms with Crippen LogP contribution in [-0.4, -0.2) is 66.6 Å². The maximum absolute atomic E-state index is 14.3. The third-order valence-corrected chi connectivity index (χ3v) is 7.92. The second-order valence-corrected chi connectivity index (χ2v) is 12.1. The molecule has 0 aliphatic rings. The van der Waals surface area contributed by atoms with Gasteiger partial charge in [-0.05, 0) is 71.3 Å². The molecule has 3 aromatic rings. The average molecular weight is 669 g/mol. The van der Waals surface area contributed by atoms with Crippen LogP contribution in [0.15, 0.2) is 60.7 Å². The van der Waals surface area contributed by atoms with Crippen LogP contribution in [0.4, 0.5) is 4.39 Å². The Balaban J connectivity index is 1.77. The second-order valence-electron chi connectivity index (χ2n) is 11.7. The Labute approximate surface area is 281 Å². The van der Waals surface area contributed by atoms with Crippen LogP contribution in [0.25, 0.3) is 0 Å². The summed E-state index contributed by atoms with van der Waals surface area (Å²) in [6.45, 7) is 5.93. The minimum absolute atomic E-state index is 0.0209. The van der Waals surface area contributed by atoms with Crippen molar-refractivity contribution in [2.75, 3.05) is 26.7 Å². The molecule has 0 spiro atoms. The number of nitrogens with one attached hydrogen (secondary N) is 2. The molecule has 3 rings (SSSR count). The Morgan fingerprint density at radius 2 is 1.57 bits per heavy atom. The van der Waals surface area contributed by atoms with Crippen molar-refractivity contribution in [3.8, 4) is 5.75 Å². The zero-order chi connectivity index (χ0) is 34.3. The van der Waals surface area contributed by atoms with E-state index in [1.54, 1.807) is 31.4 Å². The smallest absolute Gasteiger partial charge is 0.226 e. The summed E-state index contributed by atoms with van der Waals surface area (Å²) in [7, 11) is 1.59. The fourth-order valence-electron chi connectivity index (χ4n) is 5.47. The second kappa shape index (κ2) is 19.0. The van der Waals surface area contributed by atoms with Gasteiger partial charge in [-0.2, -0.15) is 0 Å². The molecule has 47 heavy (non-hydrogen) atoms. The van der Waals surface area contributed by atoms with Crippen molar-refractivity contribution in [2.45, 2.75) is 71.1 Å². The average Bonchev–Trinajstić information content (AvgIpc) is 3.02. The lowest BCUT2D eigenvalue weighted by molar-refractivity contribution is -0.130. The Bertz CT molecular complexity index is 1500. The van der Waals surface area contributed by atoms with Crippen LogP contribution in [0, 0.1) is 5.82 Å². The first-order valence-corrected chi connectivity index (χ1v) is 16.3. The first-order valence-electron chi connectivity index (χ1n) is 15.9. The van der Waals surface area contributed by atoms with Gasteiger partial charge >= 0.3 is 0 Å².